The number of nitrogens with zero attached hydrogens (tertiary/aromatic N) is 2. The van der Waals surface area contributed by atoms with Gasteiger partial charge in [0.1, 0.15) is 17.3 Å². The lowest BCUT2D eigenvalue weighted by Crippen LogP contribution is -2.29. The summed E-state index contributed by atoms with van der Waals surface area (Å²) in [6, 6.07) is 14.9. The summed E-state index contributed by atoms with van der Waals surface area (Å²) in [5.74, 6) is -0.491. The summed E-state index contributed by atoms with van der Waals surface area (Å²) in [7, 11) is 1.51. The Hall–Kier alpha value is -4.44. The van der Waals surface area contributed by atoms with Crippen LogP contribution in [0.2, 0.25) is 0 Å². The number of methoxy groups -OCH3 is 1. The van der Waals surface area contributed by atoms with Crippen molar-refractivity contribution in [1.29, 1.82) is 0 Å². The lowest BCUT2D eigenvalue weighted by atomic mass is 9.95. The van der Waals surface area contributed by atoms with Crippen molar-refractivity contribution in [3.05, 3.63) is 83.2 Å². The quantitative estimate of drug-likeness (QED) is 0.109. The summed E-state index contributed by atoms with van der Waals surface area (Å²) in [5.41, 5.74) is 1.23. The van der Waals surface area contributed by atoms with Crippen LogP contribution in [0.25, 0.3) is 16.0 Å². The number of benzene rings is 3. The van der Waals surface area contributed by atoms with Gasteiger partial charge >= 0.3 is 5.91 Å². The summed E-state index contributed by atoms with van der Waals surface area (Å²) in [5, 5.41) is 11.7. The maximum atomic E-state index is 14.0. The number of amides is 1. The molecule has 8 nitrogen and oxygen atoms in total. The minimum atomic E-state index is -1.04. The highest BCUT2D eigenvalue weighted by molar-refractivity contribution is 7.22. The second-order valence-corrected chi connectivity index (χ2v) is 11.6. The number of rotatable bonds is 11. The van der Waals surface area contributed by atoms with Crippen LogP contribution in [0, 0.1) is 11.7 Å². The first-order chi connectivity index (χ1) is 20.7. The van der Waals surface area contributed by atoms with E-state index in [1.807, 2.05) is 6.92 Å². The van der Waals surface area contributed by atoms with Crippen LogP contribution in [0.3, 0.4) is 0 Å². The van der Waals surface area contributed by atoms with E-state index in [9.17, 15) is 19.1 Å². The molecule has 10 heteroatoms. The van der Waals surface area contributed by atoms with Gasteiger partial charge in [-0.2, -0.15) is 0 Å². The lowest BCUT2D eigenvalue weighted by molar-refractivity contribution is -0.132. The fourth-order valence-corrected chi connectivity index (χ4v) is 5.81. The monoisotopic (exact) mass is 604 g/mol. The SMILES string of the molecule is CCCOc1ccc(/C(O)=C2\C(=O)C(=O)N(c3nc4ccc(F)cc4s3)C2c2ccc(OCCC(C)C)c(OC)c2)cc1. The Kier molecular flexibility index (Phi) is 8.96. The van der Waals surface area contributed by atoms with Gasteiger partial charge in [0, 0.05) is 5.56 Å². The second kappa shape index (κ2) is 12.8. The molecule has 1 aromatic heterocycles. The van der Waals surface area contributed by atoms with E-state index in [0.29, 0.717) is 57.7 Å². The largest absolute Gasteiger partial charge is 0.507 e. The molecule has 1 amide bonds. The third-order valence-electron chi connectivity index (χ3n) is 7.05. The van der Waals surface area contributed by atoms with Gasteiger partial charge in [-0.3, -0.25) is 14.5 Å². The number of ketones is 1. The van der Waals surface area contributed by atoms with E-state index < -0.39 is 23.5 Å². The third kappa shape index (κ3) is 6.19. The van der Waals surface area contributed by atoms with E-state index in [4.69, 9.17) is 14.2 Å². The highest BCUT2D eigenvalue weighted by Gasteiger charge is 2.48. The smallest absolute Gasteiger partial charge is 0.301 e. The Morgan fingerprint density at radius 2 is 1.79 bits per heavy atom. The molecule has 4 aromatic rings. The molecule has 224 valence electrons. The van der Waals surface area contributed by atoms with Crippen molar-refractivity contribution in [1.82, 2.24) is 4.98 Å². The Morgan fingerprint density at radius 1 is 1.02 bits per heavy atom. The maximum absolute atomic E-state index is 14.0. The maximum Gasteiger partial charge on any atom is 0.301 e. The van der Waals surface area contributed by atoms with Gasteiger partial charge in [-0.25, -0.2) is 9.37 Å². The average Bonchev–Trinajstić information content (AvgIpc) is 3.53. The summed E-state index contributed by atoms with van der Waals surface area (Å²) < 4.78 is 31.7. The van der Waals surface area contributed by atoms with Gasteiger partial charge in [-0.1, -0.05) is 38.2 Å². The molecule has 1 saturated heterocycles. The Balaban J connectivity index is 1.63. The van der Waals surface area contributed by atoms with Gasteiger partial charge in [-0.05, 0) is 78.9 Å². The van der Waals surface area contributed by atoms with Gasteiger partial charge in [0.25, 0.3) is 5.78 Å². The number of halogens is 1. The number of anilines is 1. The predicted molar refractivity (Wildman–Crippen MR) is 165 cm³/mol. The number of aliphatic hydroxyl groups is 1. The van der Waals surface area contributed by atoms with Crippen molar-refractivity contribution in [2.75, 3.05) is 25.2 Å². The predicted octanol–water partition coefficient (Wildman–Crippen LogP) is 7.28. The van der Waals surface area contributed by atoms with Crippen LogP contribution in [0.15, 0.2) is 66.2 Å². The average molecular weight is 605 g/mol. The van der Waals surface area contributed by atoms with Gasteiger partial charge in [0.2, 0.25) is 0 Å². The van der Waals surface area contributed by atoms with Crippen molar-refractivity contribution in [2.45, 2.75) is 39.7 Å². The molecule has 1 atom stereocenters. The molecule has 1 N–H and O–H groups in total. The number of fused-ring (bicyclic) bond motifs is 1. The molecule has 3 aromatic carbocycles. The van der Waals surface area contributed by atoms with E-state index in [2.05, 4.69) is 18.8 Å². The highest BCUT2D eigenvalue weighted by Crippen LogP contribution is 2.46. The van der Waals surface area contributed by atoms with Crippen molar-refractivity contribution >= 4 is 44.1 Å². The molecule has 5 rings (SSSR count). The van der Waals surface area contributed by atoms with Gasteiger partial charge in [0.15, 0.2) is 16.6 Å². The molecule has 43 heavy (non-hydrogen) atoms. The molecule has 0 spiro atoms. The molecule has 1 fully saturated rings. The van der Waals surface area contributed by atoms with E-state index in [1.165, 1.54) is 30.2 Å². The number of hydrogen-bond donors (Lipinski definition) is 1. The first-order valence-electron chi connectivity index (χ1n) is 14.1. The minimum Gasteiger partial charge on any atom is -0.507 e. The summed E-state index contributed by atoms with van der Waals surface area (Å²) in [6.07, 6.45) is 1.69. The molecular formula is C33H33FN2O6S. The fraction of sp³-hybridized carbons (Fsp3) is 0.303. The second-order valence-electron chi connectivity index (χ2n) is 10.6. The minimum absolute atomic E-state index is 0.104. The summed E-state index contributed by atoms with van der Waals surface area (Å²) >= 11 is 1.08. The Morgan fingerprint density at radius 3 is 2.49 bits per heavy atom. The molecule has 0 aliphatic carbocycles. The molecule has 1 aliphatic rings. The third-order valence-corrected chi connectivity index (χ3v) is 8.06. The van der Waals surface area contributed by atoms with Crippen LogP contribution in [0.5, 0.6) is 17.2 Å². The van der Waals surface area contributed by atoms with E-state index in [0.717, 1.165) is 24.2 Å². The van der Waals surface area contributed by atoms with E-state index >= 15 is 0 Å². The number of thiazole rings is 1. The number of hydrogen-bond acceptors (Lipinski definition) is 8. The van der Waals surface area contributed by atoms with Crippen molar-refractivity contribution in [3.8, 4) is 17.2 Å². The van der Waals surface area contributed by atoms with Gasteiger partial charge < -0.3 is 19.3 Å². The Bertz CT molecular complexity index is 1680. The highest BCUT2D eigenvalue weighted by atomic mass is 32.1. The molecule has 1 aliphatic heterocycles. The Labute approximate surface area is 253 Å². The van der Waals surface area contributed by atoms with Crippen molar-refractivity contribution < 1.29 is 33.3 Å². The zero-order valence-corrected chi connectivity index (χ0v) is 25.2. The van der Waals surface area contributed by atoms with Gasteiger partial charge in [-0.15, -0.1) is 0 Å². The molecular weight excluding hydrogens is 571 g/mol. The first kappa shape index (κ1) is 30.0. The zero-order valence-electron chi connectivity index (χ0n) is 24.4. The summed E-state index contributed by atoms with van der Waals surface area (Å²) in [4.78, 5) is 33.0. The van der Waals surface area contributed by atoms with Crippen LogP contribution >= 0.6 is 11.3 Å². The van der Waals surface area contributed by atoms with Crippen LogP contribution in [0.4, 0.5) is 9.52 Å². The standard InChI is InChI=1S/C33H33FN2O6S/c1-5-15-41-23-10-6-20(7-11-23)30(37)28-29(21-8-13-25(26(17-21)40-4)42-16-14-19(2)3)36(32(39)31(28)38)33-35-24-12-9-22(34)18-27(24)43-33/h6-13,17-19,29,37H,5,14-16H2,1-4H3/b30-28+. The number of Topliss-reactive ketones (excluding diaryl/α,β-unsaturated/α-hetero) is 1. The molecule has 2 heterocycles. The molecule has 0 bridgehead atoms. The lowest BCUT2D eigenvalue weighted by Gasteiger charge is -2.24. The number of carbonyl (C=O) groups excluding carboxylic acids is 2. The fourth-order valence-electron chi connectivity index (χ4n) is 4.80. The van der Waals surface area contributed by atoms with Crippen molar-refractivity contribution in [3.63, 3.8) is 0 Å². The van der Waals surface area contributed by atoms with Crippen LogP contribution in [0.1, 0.15) is 50.8 Å². The molecule has 0 radical (unpaired) electrons. The summed E-state index contributed by atoms with van der Waals surface area (Å²) in [6.45, 7) is 7.25. The van der Waals surface area contributed by atoms with Gasteiger partial charge in [0.05, 0.1) is 42.2 Å². The number of aliphatic hydroxyl groups excluding tert-OH is 1. The van der Waals surface area contributed by atoms with E-state index in [1.54, 1.807) is 42.5 Å². The normalized spacial score (nSPS) is 16.3. The number of aromatic nitrogens is 1. The number of carbonyl (C=O) groups is 2. The van der Waals surface area contributed by atoms with Crippen LogP contribution in [-0.2, 0) is 9.59 Å². The first-order valence-corrected chi connectivity index (χ1v) is 14.9. The van der Waals surface area contributed by atoms with Crippen LogP contribution < -0.4 is 19.1 Å². The molecule has 1 unspecified atom stereocenters. The number of ether oxygens (including phenoxy) is 3. The zero-order chi connectivity index (χ0) is 30.7. The van der Waals surface area contributed by atoms with E-state index in [-0.39, 0.29) is 16.5 Å². The van der Waals surface area contributed by atoms with Crippen LogP contribution in [-0.4, -0.2) is 42.1 Å². The molecule has 0 saturated carbocycles. The topological polar surface area (TPSA) is 98.2 Å². The van der Waals surface area contributed by atoms with Crippen molar-refractivity contribution in [2.24, 2.45) is 5.92 Å².